The van der Waals surface area contributed by atoms with Gasteiger partial charge in [-0.25, -0.2) is 4.98 Å². The zero-order valence-electron chi connectivity index (χ0n) is 14.2. The van der Waals surface area contributed by atoms with Gasteiger partial charge in [0.1, 0.15) is 0 Å². The lowest BCUT2D eigenvalue weighted by Gasteiger charge is -2.22. The maximum absolute atomic E-state index is 12.5. The molecule has 1 aromatic heterocycles. The van der Waals surface area contributed by atoms with Crippen LogP contribution in [0.15, 0.2) is 30.6 Å². The molecule has 1 spiro atoms. The van der Waals surface area contributed by atoms with Gasteiger partial charge in [-0.05, 0) is 62.8 Å². The van der Waals surface area contributed by atoms with Crippen LogP contribution in [-0.4, -0.2) is 28.7 Å². The SMILES string of the molecule is Cc1ncn(-c2ccc(NC(=O)C3CC34CCOCC4)cc2)c1C. The second-order valence-corrected chi connectivity index (χ2v) is 7.05. The highest BCUT2D eigenvalue weighted by Crippen LogP contribution is 2.59. The Kier molecular flexibility index (Phi) is 3.68. The predicted octanol–water partition coefficient (Wildman–Crippen LogP) is 3.24. The van der Waals surface area contributed by atoms with Gasteiger partial charge in [-0.15, -0.1) is 0 Å². The standard InChI is InChI=1S/C19H23N3O2/c1-13-14(2)22(12-20-13)16-5-3-15(4-6-16)21-18(23)17-11-19(17)7-9-24-10-8-19/h3-6,12,17H,7-11H2,1-2H3,(H,21,23). The smallest absolute Gasteiger partial charge is 0.228 e. The minimum atomic E-state index is 0.152. The number of rotatable bonds is 3. The van der Waals surface area contributed by atoms with Gasteiger partial charge in [-0.3, -0.25) is 4.79 Å². The van der Waals surface area contributed by atoms with E-state index in [1.54, 1.807) is 0 Å². The number of nitrogens with one attached hydrogen (secondary N) is 1. The first-order chi connectivity index (χ1) is 11.6. The molecule has 1 aromatic carbocycles. The summed E-state index contributed by atoms with van der Waals surface area (Å²) in [5.74, 6) is 0.305. The van der Waals surface area contributed by atoms with Crippen molar-refractivity contribution in [1.82, 2.24) is 9.55 Å². The molecule has 2 heterocycles. The number of benzene rings is 1. The van der Waals surface area contributed by atoms with Gasteiger partial charge in [0.05, 0.1) is 12.0 Å². The van der Waals surface area contributed by atoms with Gasteiger partial charge in [0.2, 0.25) is 5.91 Å². The average Bonchev–Trinajstić information content (AvgIpc) is 3.19. The van der Waals surface area contributed by atoms with E-state index in [4.69, 9.17) is 4.74 Å². The average molecular weight is 325 g/mol. The Labute approximate surface area is 142 Å². The van der Waals surface area contributed by atoms with Gasteiger partial charge in [0, 0.05) is 36.2 Å². The van der Waals surface area contributed by atoms with Crippen LogP contribution in [0.5, 0.6) is 0 Å². The fourth-order valence-electron chi connectivity index (χ4n) is 3.74. The summed E-state index contributed by atoms with van der Waals surface area (Å²) in [6.07, 6.45) is 4.87. The van der Waals surface area contributed by atoms with E-state index in [0.29, 0.717) is 0 Å². The fraction of sp³-hybridized carbons (Fsp3) is 0.474. The number of hydrogen-bond donors (Lipinski definition) is 1. The molecule has 1 atom stereocenters. The van der Waals surface area contributed by atoms with E-state index in [2.05, 4.69) is 21.8 Å². The van der Waals surface area contributed by atoms with E-state index >= 15 is 0 Å². The van der Waals surface area contributed by atoms with Crippen LogP contribution < -0.4 is 5.32 Å². The summed E-state index contributed by atoms with van der Waals surface area (Å²) in [4.78, 5) is 16.8. The van der Waals surface area contributed by atoms with Crippen molar-refractivity contribution in [2.24, 2.45) is 11.3 Å². The summed E-state index contributed by atoms with van der Waals surface area (Å²) in [5, 5.41) is 3.07. The van der Waals surface area contributed by atoms with Crippen molar-refractivity contribution in [2.75, 3.05) is 18.5 Å². The number of aromatic nitrogens is 2. The van der Waals surface area contributed by atoms with Gasteiger partial charge >= 0.3 is 0 Å². The van der Waals surface area contributed by atoms with Crippen LogP contribution in [0.25, 0.3) is 5.69 Å². The molecule has 1 saturated carbocycles. The fourth-order valence-corrected chi connectivity index (χ4v) is 3.74. The first-order valence-corrected chi connectivity index (χ1v) is 8.59. The molecular weight excluding hydrogens is 302 g/mol. The van der Waals surface area contributed by atoms with Crippen LogP contribution in [0.4, 0.5) is 5.69 Å². The molecule has 5 nitrogen and oxygen atoms in total. The molecule has 1 saturated heterocycles. The van der Waals surface area contributed by atoms with E-state index in [1.165, 1.54) is 0 Å². The number of anilines is 1. The van der Waals surface area contributed by atoms with Gasteiger partial charge in [0.25, 0.3) is 0 Å². The number of nitrogens with zero attached hydrogens (tertiary/aromatic N) is 2. The molecule has 4 rings (SSSR count). The largest absolute Gasteiger partial charge is 0.381 e. The van der Waals surface area contributed by atoms with Crippen LogP contribution in [0.3, 0.4) is 0 Å². The third-order valence-corrected chi connectivity index (χ3v) is 5.66. The van der Waals surface area contributed by atoms with Crippen molar-refractivity contribution < 1.29 is 9.53 Å². The summed E-state index contributed by atoms with van der Waals surface area (Å²) in [6, 6.07) is 7.95. The zero-order chi connectivity index (χ0) is 16.7. The summed E-state index contributed by atoms with van der Waals surface area (Å²) in [6.45, 7) is 5.64. The highest BCUT2D eigenvalue weighted by Gasteiger charge is 2.57. The number of carbonyl (C=O) groups is 1. The molecule has 1 unspecified atom stereocenters. The van der Waals surface area contributed by atoms with Crippen LogP contribution in [0.1, 0.15) is 30.7 Å². The van der Waals surface area contributed by atoms with E-state index in [1.807, 2.05) is 37.5 Å². The van der Waals surface area contributed by atoms with Crippen LogP contribution in [0.2, 0.25) is 0 Å². The van der Waals surface area contributed by atoms with Crippen LogP contribution >= 0.6 is 0 Å². The summed E-state index contributed by atoms with van der Waals surface area (Å²) >= 11 is 0. The summed E-state index contributed by atoms with van der Waals surface area (Å²) in [7, 11) is 0. The molecule has 1 N–H and O–H groups in total. The molecule has 5 heteroatoms. The van der Waals surface area contributed by atoms with Gasteiger partial charge in [-0.2, -0.15) is 0 Å². The predicted molar refractivity (Wildman–Crippen MR) is 92.3 cm³/mol. The third-order valence-electron chi connectivity index (χ3n) is 5.66. The lowest BCUT2D eigenvalue weighted by Crippen LogP contribution is -2.24. The van der Waals surface area contributed by atoms with E-state index in [-0.39, 0.29) is 17.2 Å². The molecule has 1 aliphatic carbocycles. The number of carbonyl (C=O) groups excluding carboxylic acids is 1. The molecule has 126 valence electrons. The summed E-state index contributed by atoms with van der Waals surface area (Å²) < 4.78 is 7.47. The topological polar surface area (TPSA) is 56.2 Å². The Morgan fingerprint density at radius 2 is 1.96 bits per heavy atom. The van der Waals surface area contributed by atoms with Crippen molar-refractivity contribution >= 4 is 11.6 Å². The monoisotopic (exact) mass is 325 g/mol. The third kappa shape index (κ3) is 2.63. The van der Waals surface area contributed by atoms with Gasteiger partial charge < -0.3 is 14.6 Å². The van der Waals surface area contributed by atoms with Crippen molar-refractivity contribution in [3.63, 3.8) is 0 Å². The molecule has 2 fully saturated rings. The van der Waals surface area contributed by atoms with E-state index in [0.717, 1.165) is 55.2 Å². The van der Waals surface area contributed by atoms with Crippen molar-refractivity contribution in [2.45, 2.75) is 33.1 Å². The molecule has 24 heavy (non-hydrogen) atoms. The Morgan fingerprint density at radius 3 is 2.58 bits per heavy atom. The number of imidazole rings is 1. The lowest BCUT2D eigenvalue weighted by atomic mass is 9.93. The molecule has 2 aromatic rings. The molecule has 2 aliphatic rings. The Hall–Kier alpha value is -2.14. The maximum atomic E-state index is 12.5. The number of ether oxygens (including phenoxy) is 1. The first-order valence-electron chi connectivity index (χ1n) is 8.59. The number of amides is 1. The number of aryl methyl sites for hydroxylation is 1. The van der Waals surface area contributed by atoms with Crippen LogP contribution in [-0.2, 0) is 9.53 Å². The molecule has 1 amide bonds. The quantitative estimate of drug-likeness (QED) is 0.942. The summed E-state index contributed by atoms with van der Waals surface area (Å²) in [5.41, 5.74) is 4.29. The Morgan fingerprint density at radius 1 is 1.25 bits per heavy atom. The van der Waals surface area contributed by atoms with Crippen LogP contribution in [0, 0.1) is 25.2 Å². The van der Waals surface area contributed by atoms with Crippen molar-refractivity contribution in [3.8, 4) is 5.69 Å². The van der Waals surface area contributed by atoms with E-state index < -0.39 is 0 Å². The van der Waals surface area contributed by atoms with Crippen molar-refractivity contribution in [1.29, 1.82) is 0 Å². The van der Waals surface area contributed by atoms with Gasteiger partial charge in [-0.1, -0.05) is 0 Å². The highest BCUT2D eigenvalue weighted by molar-refractivity contribution is 5.95. The molecule has 1 aliphatic heterocycles. The lowest BCUT2D eigenvalue weighted by molar-refractivity contribution is -0.118. The Bertz CT molecular complexity index is 757. The number of hydrogen-bond acceptors (Lipinski definition) is 3. The second-order valence-electron chi connectivity index (χ2n) is 7.05. The molecular formula is C19H23N3O2. The normalized spacial score (nSPS) is 21.7. The first kappa shape index (κ1) is 15.4. The molecule has 0 bridgehead atoms. The minimum Gasteiger partial charge on any atom is -0.381 e. The Balaban J connectivity index is 1.43. The van der Waals surface area contributed by atoms with Crippen molar-refractivity contribution in [3.05, 3.63) is 42.0 Å². The zero-order valence-corrected chi connectivity index (χ0v) is 14.2. The maximum Gasteiger partial charge on any atom is 0.228 e. The molecule has 0 radical (unpaired) electrons. The van der Waals surface area contributed by atoms with E-state index in [9.17, 15) is 4.79 Å². The minimum absolute atomic E-state index is 0.152. The highest BCUT2D eigenvalue weighted by atomic mass is 16.5. The van der Waals surface area contributed by atoms with Gasteiger partial charge in [0.15, 0.2) is 0 Å². The second kappa shape index (κ2) is 5.74.